The van der Waals surface area contributed by atoms with Crippen molar-refractivity contribution in [3.63, 3.8) is 0 Å². The second kappa shape index (κ2) is 6.02. The molecule has 0 radical (unpaired) electrons. The van der Waals surface area contributed by atoms with Crippen LogP contribution in [0.3, 0.4) is 0 Å². The maximum absolute atomic E-state index is 12.4. The Kier molecular flexibility index (Phi) is 4.62. The monoisotopic (exact) mass is 254 g/mol. The molecule has 1 amide bonds. The number of carbonyl (C=O) groups is 1. The lowest BCUT2D eigenvalue weighted by Gasteiger charge is -2.28. The first-order valence-corrected chi connectivity index (χ1v) is 7.33. The number of hydrogen-bond acceptors (Lipinski definition) is 3. The molecule has 2 N–H and O–H groups in total. The lowest BCUT2D eigenvalue weighted by atomic mass is 9.90. The third kappa shape index (κ3) is 2.86. The molecule has 0 aromatic rings. The van der Waals surface area contributed by atoms with Gasteiger partial charge in [0.15, 0.2) is 0 Å². The van der Waals surface area contributed by atoms with E-state index in [1.807, 2.05) is 0 Å². The van der Waals surface area contributed by atoms with Gasteiger partial charge in [-0.3, -0.25) is 4.79 Å². The maximum atomic E-state index is 12.4. The molecule has 0 aromatic carbocycles. The Hall–Kier alpha value is -0.610. The van der Waals surface area contributed by atoms with E-state index in [9.17, 15) is 4.79 Å². The van der Waals surface area contributed by atoms with Crippen molar-refractivity contribution in [2.45, 2.75) is 57.6 Å². The molecule has 4 heteroatoms. The predicted molar refractivity (Wildman–Crippen MR) is 71.4 cm³/mol. The number of nitrogens with one attached hydrogen (secondary N) is 2. The highest BCUT2D eigenvalue weighted by Crippen LogP contribution is 2.25. The quantitative estimate of drug-likeness (QED) is 0.781. The maximum Gasteiger partial charge on any atom is 0.240 e. The smallest absolute Gasteiger partial charge is 0.240 e. The summed E-state index contributed by atoms with van der Waals surface area (Å²) in [7, 11) is 0. The zero-order valence-electron chi connectivity index (χ0n) is 11.6. The number of ether oxygens (including phenoxy) is 1. The molecule has 2 heterocycles. The van der Waals surface area contributed by atoms with Gasteiger partial charge in [0.1, 0.15) is 0 Å². The van der Waals surface area contributed by atoms with E-state index in [-0.39, 0.29) is 17.6 Å². The number of rotatable bonds is 5. The van der Waals surface area contributed by atoms with E-state index < -0.39 is 0 Å². The molecule has 2 fully saturated rings. The SMILES string of the molecule is CCCC1(C(=O)NCC2CCOC2C)CCCN1. The van der Waals surface area contributed by atoms with Crippen LogP contribution >= 0.6 is 0 Å². The van der Waals surface area contributed by atoms with Gasteiger partial charge in [0.05, 0.1) is 11.6 Å². The Balaban J connectivity index is 1.85. The van der Waals surface area contributed by atoms with Crippen LogP contribution in [-0.4, -0.2) is 37.2 Å². The molecule has 2 saturated heterocycles. The minimum atomic E-state index is -0.294. The van der Waals surface area contributed by atoms with Crippen LogP contribution in [-0.2, 0) is 9.53 Å². The van der Waals surface area contributed by atoms with E-state index in [0.717, 1.165) is 51.8 Å². The van der Waals surface area contributed by atoms with Crippen molar-refractivity contribution in [2.75, 3.05) is 19.7 Å². The molecule has 3 unspecified atom stereocenters. The van der Waals surface area contributed by atoms with Gasteiger partial charge in [0, 0.05) is 19.1 Å². The summed E-state index contributed by atoms with van der Waals surface area (Å²) in [5, 5.41) is 6.56. The lowest BCUT2D eigenvalue weighted by molar-refractivity contribution is -0.127. The van der Waals surface area contributed by atoms with E-state index in [0.29, 0.717) is 5.92 Å². The molecule has 4 nitrogen and oxygen atoms in total. The summed E-state index contributed by atoms with van der Waals surface area (Å²) in [6, 6.07) is 0. The van der Waals surface area contributed by atoms with Gasteiger partial charge in [0.2, 0.25) is 5.91 Å². The first kappa shape index (κ1) is 13.8. The van der Waals surface area contributed by atoms with Crippen LogP contribution in [0.5, 0.6) is 0 Å². The van der Waals surface area contributed by atoms with Crippen LogP contribution in [0.25, 0.3) is 0 Å². The van der Waals surface area contributed by atoms with Gasteiger partial charge >= 0.3 is 0 Å². The average molecular weight is 254 g/mol. The Morgan fingerprint density at radius 3 is 2.94 bits per heavy atom. The van der Waals surface area contributed by atoms with Crippen molar-refractivity contribution in [3.8, 4) is 0 Å². The molecular weight excluding hydrogens is 228 g/mol. The van der Waals surface area contributed by atoms with Crippen LogP contribution in [0.2, 0.25) is 0 Å². The molecule has 0 aromatic heterocycles. The van der Waals surface area contributed by atoms with Crippen molar-refractivity contribution < 1.29 is 9.53 Å². The van der Waals surface area contributed by atoms with Gasteiger partial charge in [0.25, 0.3) is 0 Å². The summed E-state index contributed by atoms with van der Waals surface area (Å²) in [5.74, 6) is 0.676. The Bertz CT molecular complexity index is 288. The van der Waals surface area contributed by atoms with Gasteiger partial charge < -0.3 is 15.4 Å². The van der Waals surface area contributed by atoms with E-state index in [1.165, 1.54) is 0 Å². The highest BCUT2D eigenvalue weighted by molar-refractivity contribution is 5.86. The summed E-state index contributed by atoms with van der Waals surface area (Å²) < 4.78 is 5.53. The minimum Gasteiger partial charge on any atom is -0.378 e. The van der Waals surface area contributed by atoms with Crippen molar-refractivity contribution in [2.24, 2.45) is 5.92 Å². The highest BCUT2D eigenvalue weighted by atomic mass is 16.5. The summed E-state index contributed by atoms with van der Waals surface area (Å²) >= 11 is 0. The second-order valence-corrected chi connectivity index (χ2v) is 5.70. The molecule has 0 saturated carbocycles. The average Bonchev–Trinajstić information content (AvgIpc) is 2.97. The molecular formula is C14H26N2O2. The van der Waals surface area contributed by atoms with E-state index in [4.69, 9.17) is 4.74 Å². The van der Waals surface area contributed by atoms with Gasteiger partial charge in [-0.2, -0.15) is 0 Å². The molecule has 2 rings (SSSR count). The van der Waals surface area contributed by atoms with E-state index in [1.54, 1.807) is 0 Å². The Morgan fingerprint density at radius 2 is 2.39 bits per heavy atom. The van der Waals surface area contributed by atoms with Crippen LogP contribution in [0, 0.1) is 5.92 Å². The minimum absolute atomic E-state index is 0.195. The fourth-order valence-electron chi connectivity index (χ4n) is 3.19. The second-order valence-electron chi connectivity index (χ2n) is 5.70. The number of hydrogen-bond donors (Lipinski definition) is 2. The van der Waals surface area contributed by atoms with Gasteiger partial charge in [-0.25, -0.2) is 0 Å². The summed E-state index contributed by atoms with van der Waals surface area (Å²) in [6.45, 7) is 6.80. The van der Waals surface area contributed by atoms with Gasteiger partial charge in [-0.1, -0.05) is 13.3 Å². The zero-order valence-corrected chi connectivity index (χ0v) is 11.6. The normalized spacial score (nSPS) is 35.9. The molecule has 0 bridgehead atoms. The van der Waals surface area contributed by atoms with E-state index >= 15 is 0 Å². The fourth-order valence-corrected chi connectivity index (χ4v) is 3.19. The first-order chi connectivity index (χ1) is 8.68. The molecule has 18 heavy (non-hydrogen) atoms. The molecule has 3 atom stereocenters. The molecule has 0 aliphatic carbocycles. The van der Waals surface area contributed by atoms with Gasteiger partial charge in [-0.15, -0.1) is 0 Å². The number of carbonyl (C=O) groups excluding carboxylic acids is 1. The predicted octanol–water partition coefficient (Wildman–Crippen LogP) is 1.45. The molecule has 2 aliphatic rings. The first-order valence-electron chi connectivity index (χ1n) is 7.33. The topological polar surface area (TPSA) is 50.4 Å². The van der Waals surface area contributed by atoms with Crippen LogP contribution in [0.4, 0.5) is 0 Å². The Morgan fingerprint density at radius 1 is 1.56 bits per heavy atom. The lowest BCUT2D eigenvalue weighted by Crippen LogP contribution is -2.54. The largest absolute Gasteiger partial charge is 0.378 e. The van der Waals surface area contributed by atoms with Crippen LogP contribution in [0.15, 0.2) is 0 Å². The molecule has 0 spiro atoms. The van der Waals surface area contributed by atoms with Crippen molar-refractivity contribution in [1.82, 2.24) is 10.6 Å². The summed E-state index contributed by atoms with van der Waals surface area (Å²) in [6.07, 6.45) is 5.41. The van der Waals surface area contributed by atoms with Crippen molar-refractivity contribution >= 4 is 5.91 Å². The fraction of sp³-hybridized carbons (Fsp3) is 0.929. The van der Waals surface area contributed by atoms with Crippen molar-refractivity contribution in [1.29, 1.82) is 0 Å². The third-order valence-electron chi connectivity index (χ3n) is 4.41. The molecule has 104 valence electrons. The highest BCUT2D eigenvalue weighted by Gasteiger charge is 2.40. The Labute approximate surface area is 110 Å². The van der Waals surface area contributed by atoms with E-state index in [2.05, 4.69) is 24.5 Å². The third-order valence-corrected chi connectivity index (χ3v) is 4.41. The number of amides is 1. The summed E-state index contributed by atoms with van der Waals surface area (Å²) in [4.78, 5) is 12.4. The van der Waals surface area contributed by atoms with Crippen LogP contribution in [0.1, 0.15) is 46.0 Å². The van der Waals surface area contributed by atoms with Gasteiger partial charge in [-0.05, 0) is 39.2 Å². The summed E-state index contributed by atoms with van der Waals surface area (Å²) in [5.41, 5.74) is -0.294. The molecule has 2 aliphatic heterocycles. The standard InChI is InChI=1S/C14H26N2O2/c1-3-6-14(7-4-8-16-14)13(17)15-10-12-5-9-18-11(12)2/h11-12,16H,3-10H2,1-2H3,(H,15,17). The zero-order chi connectivity index (χ0) is 13.0. The van der Waals surface area contributed by atoms with Crippen LogP contribution < -0.4 is 10.6 Å². The van der Waals surface area contributed by atoms with Crippen molar-refractivity contribution in [3.05, 3.63) is 0 Å².